The van der Waals surface area contributed by atoms with Gasteiger partial charge in [0.2, 0.25) is 0 Å². The van der Waals surface area contributed by atoms with E-state index in [4.69, 9.17) is 4.74 Å². The van der Waals surface area contributed by atoms with Gasteiger partial charge in [-0.1, -0.05) is 13.8 Å². The van der Waals surface area contributed by atoms with Crippen molar-refractivity contribution in [2.45, 2.75) is 66.9 Å². The molecule has 0 atom stereocenters. The Kier molecular flexibility index (Phi) is 4.31. The van der Waals surface area contributed by atoms with E-state index in [2.05, 4.69) is 13.8 Å². The summed E-state index contributed by atoms with van der Waals surface area (Å²) in [5.74, 6) is 1.42. The average molecular weight is 250 g/mol. The van der Waals surface area contributed by atoms with Crippen LogP contribution in [0.2, 0.25) is 0 Å². The fourth-order valence-corrected chi connectivity index (χ4v) is 2.36. The number of phenols is 1. The maximum atomic E-state index is 10.0. The first-order valence-corrected chi connectivity index (χ1v) is 6.84. The molecule has 0 aromatic heterocycles. The van der Waals surface area contributed by atoms with Crippen molar-refractivity contribution in [2.24, 2.45) is 0 Å². The summed E-state index contributed by atoms with van der Waals surface area (Å²) in [6.07, 6.45) is 1.99. The van der Waals surface area contributed by atoms with E-state index in [9.17, 15) is 5.11 Å². The zero-order chi connectivity index (χ0) is 14.1. The van der Waals surface area contributed by atoms with Crippen molar-refractivity contribution in [1.82, 2.24) is 0 Å². The first-order chi connectivity index (χ1) is 8.33. The topological polar surface area (TPSA) is 29.5 Å². The zero-order valence-corrected chi connectivity index (χ0v) is 12.8. The second kappa shape index (κ2) is 5.21. The van der Waals surface area contributed by atoms with Crippen LogP contribution in [0.15, 0.2) is 0 Å². The lowest BCUT2D eigenvalue weighted by Crippen LogP contribution is -2.33. The van der Waals surface area contributed by atoms with Crippen molar-refractivity contribution in [3.63, 3.8) is 0 Å². The van der Waals surface area contributed by atoms with Gasteiger partial charge in [0.05, 0.1) is 0 Å². The van der Waals surface area contributed by atoms with Crippen molar-refractivity contribution >= 4 is 0 Å². The highest BCUT2D eigenvalue weighted by Crippen LogP contribution is 2.42. The van der Waals surface area contributed by atoms with E-state index in [0.29, 0.717) is 5.75 Å². The highest BCUT2D eigenvalue weighted by atomic mass is 16.5. The summed E-state index contributed by atoms with van der Waals surface area (Å²) >= 11 is 0. The number of rotatable bonds is 0. The molecule has 1 aromatic rings. The molecule has 0 saturated heterocycles. The number of benzene rings is 1. The predicted molar refractivity (Wildman–Crippen MR) is 76.7 cm³/mol. The van der Waals surface area contributed by atoms with Crippen molar-refractivity contribution in [3.8, 4) is 11.5 Å². The highest BCUT2D eigenvalue weighted by Gasteiger charge is 2.30. The summed E-state index contributed by atoms with van der Waals surface area (Å²) < 4.78 is 6.06. The first-order valence-electron chi connectivity index (χ1n) is 6.84. The third-order valence-electron chi connectivity index (χ3n) is 3.70. The fraction of sp³-hybridized carbons (Fsp3) is 0.625. The summed E-state index contributed by atoms with van der Waals surface area (Å²) in [6, 6.07) is 0. The minimum Gasteiger partial charge on any atom is -0.507 e. The van der Waals surface area contributed by atoms with Crippen LogP contribution in [0.4, 0.5) is 0 Å². The van der Waals surface area contributed by atoms with Gasteiger partial charge in [0.1, 0.15) is 17.1 Å². The molecule has 0 bridgehead atoms. The van der Waals surface area contributed by atoms with Gasteiger partial charge in [-0.05, 0) is 64.2 Å². The smallest absolute Gasteiger partial charge is 0.127 e. The lowest BCUT2D eigenvalue weighted by Gasteiger charge is -2.35. The molecule has 0 fully saturated rings. The molecule has 0 amide bonds. The molecule has 0 saturated carbocycles. The summed E-state index contributed by atoms with van der Waals surface area (Å²) in [5.41, 5.74) is 4.08. The van der Waals surface area contributed by atoms with Crippen LogP contribution in [0.25, 0.3) is 0 Å². The highest BCUT2D eigenvalue weighted by molar-refractivity contribution is 5.58. The van der Waals surface area contributed by atoms with Gasteiger partial charge in [-0.25, -0.2) is 0 Å². The Morgan fingerprint density at radius 2 is 1.56 bits per heavy atom. The van der Waals surface area contributed by atoms with Crippen LogP contribution in [0, 0.1) is 20.8 Å². The molecule has 18 heavy (non-hydrogen) atoms. The van der Waals surface area contributed by atoms with E-state index in [1.165, 1.54) is 5.56 Å². The number of aromatic hydroxyl groups is 1. The van der Waals surface area contributed by atoms with Crippen molar-refractivity contribution in [1.29, 1.82) is 0 Å². The number of hydrogen-bond donors (Lipinski definition) is 1. The second-order valence-electron chi connectivity index (χ2n) is 5.39. The molecule has 0 unspecified atom stereocenters. The van der Waals surface area contributed by atoms with Gasteiger partial charge in [0, 0.05) is 5.56 Å². The van der Waals surface area contributed by atoms with E-state index in [-0.39, 0.29) is 5.60 Å². The van der Waals surface area contributed by atoms with E-state index in [0.717, 1.165) is 35.3 Å². The molecule has 1 aromatic carbocycles. The molecular formula is C16H26O2. The Labute approximate surface area is 111 Å². The van der Waals surface area contributed by atoms with Gasteiger partial charge in [-0.2, -0.15) is 0 Å². The van der Waals surface area contributed by atoms with Gasteiger partial charge in [0.15, 0.2) is 0 Å². The average Bonchev–Trinajstić information content (AvgIpc) is 2.35. The van der Waals surface area contributed by atoms with E-state index in [1.54, 1.807) is 0 Å². The summed E-state index contributed by atoms with van der Waals surface area (Å²) in [6.45, 7) is 14.2. The fourth-order valence-electron chi connectivity index (χ4n) is 2.36. The Bertz CT molecular complexity index is 445. The summed E-state index contributed by atoms with van der Waals surface area (Å²) in [7, 11) is 0. The minimum atomic E-state index is -0.0897. The van der Waals surface area contributed by atoms with E-state index in [1.807, 2.05) is 34.6 Å². The standard InChI is InChI=1S/C14H20O2.C2H6/c1-8-9(2)13-11(10(3)12(8)15)6-7-14(4,5)16-13;1-2/h15H,6-7H2,1-5H3;1-2H3. The molecule has 1 aliphatic rings. The molecule has 0 radical (unpaired) electrons. The van der Waals surface area contributed by atoms with Gasteiger partial charge in [-0.3, -0.25) is 0 Å². The van der Waals surface area contributed by atoms with E-state index >= 15 is 0 Å². The number of fused-ring (bicyclic) bond motifs is 1. The molecular weight excluding hydrogens is 224 g/mol. The number of hydrogen-bond acceptors (Lipinski definition) is 2. The molecule has 2 heteroatoms. The predicted octanol–water partition coefficient (Wildman–Crippen LogP) is 4.45. The molecule has 1 aliphatic heterocycles. The zero-order valence-electron chi connectivity index (χ0n) is 12.8. The van der Waals surface area contributed by atoms with Crippen LogP contribution >= 0.6 is 0 Å². The quantitative estimate of drug-likeness (QED) is 0.737. The third kappa shape index (κ3) is 2.47. The van der Waals surface area contributed by atoms with Gasteiger partial charge < -0.3 is 9.84 Å². The molecule has 102 valence electrons. The lowest BCUT2D eigenvalue weighted by molar-refractivity contribution is 0.0831. The van der Waals surface area contributed by atoms with Crippen molar-refractivity contribution in [2.75, 3.05) is 0 Å². The van der Waals surface area contributed by atoms with Crippen LogP contribution < -0.4 is 4.74 Å². The summed E-state index contributed by atoms with van der Waals surface area (Å²) in [5, 5.41) is 10.0. The Morgan fingerprint density at radius 1 is 1.00 bits per heavy atom. The minimum absolute atomic E-state index is 0.0897. The lowest BCUT2D eigenvalue weighted by atomic mass is 9.88. The molecule has 0 aliphatic carbocycles. The normalized spacial score (nSPS) is 16.2. The maximum Gasteiger partial charge on any atom is 0.127 e. The monoisotopic (exact) mass is 250 g/mol. The molecule has 2 rings (SSSR count). The first kappa shape index (κ1) is 14.9. The van der Waals surface area contributed by atoms with Crippen LogP contribution in [0.3, 0.4) is 0 Å². The van der Waals surface area contributed by atoms with E-state index < -0.39 is 0 Å². The van der Waals surface area contributed by atoms with Gasteiger partial charge >= 0.3 is 0 Å². The van der Waals surface area contributed by atoms with Gasteiger partial charge in [-0.15, -0.1) is 0 Å². The van der Waals surface area contributed by atoms with Gasteiger partial charge in [0.25, 0.3) is 0 Å². The molecule has 2 nitrogen and oxygen atoms in total. The Hall–Kier alpha value is -1.18. The van der Waals surface area contributed by atoms with Crippen LogP contribution in [0.1, 0.15) is 56.4 Å². The number of ether oxygens (including phenoxy) is 1. The van der Waals surface area contributed by atoms with Crippen LogP contribution in [-0.4, -0.2) is 10.7 Å². The number of phenolic OH excluding ortho intramolecular Hbond substituents is 1. The molecule has 0 spiro atoms. The maximum absolute atomic E-state index is 10.0. The summed E-state index contributed by atoms with van der Waals surface area (Å²) in [4.78, 5) is 0. The SMILES string of the molecule is CC.Cc1c(C)c2c(c(C)c1O)CCC(C)(C)O2. The largest absolute Gasteiger partial charge is 0.507 e. The van der Waals surface area contributed by atoms with Crippen molar-refractivity contribution in [3.05, 3.63) is 22.3 Å². The Morgan fingerprint density at radius 3 is 2.11 bits per heavy atom. The Balaban J connectivity index is 0.000000771. The van der Waals surface area contributed by atoms with Crippen LogP contribution in [-0.2, 0) is 6.42 Å². The third-order valence-corrected chi connectivity index (χ3v) is 3.70. The molecule has 1 N–H and O–H groups in total. The second-order valence-corrected chi connectivity index (χ2v) is 5.39. The molecule has 1 heterocycles. The van der Waals surface area contributed by atoms with Crippen LogP contribution in [0.5, 0.6) is 11.5 Å². The van der Waals surface area contributed by atoms with Crippen molar-refractivity contribution < 1.29 is 9.84 Å².